The maximum Gasteiger partial charge on any atom is 0.238 e. The fraction of sp³-hybridized carbons (Fsp3) is 0.125. The quantitative estimate of drug-likeness (QED) is 0.265. The zero-order chi connectivity index (χ0) is 28.2. The number of hydrogen-bond acceptors (Lipinski definition) is 4. The van der Waals surface area contributed by atoms with Crippen LogP contribution in [0.4, 0.5) is 22.7 Å². The van der Waals surface area contributed by atoms with Gasteiger partial charge in [0.15, 0.2) is 0 Å². The van der Waals surface area contributed by atoms with Crippen molar-refractivity contribution in [3.05, 3.63) is 121 Å². The minimum atomic E-state index is -0.510. The predicted molar refractivity (Wildman–Crippen MR) is 155 cm³/mol. The number of anilines is 4. The first-order valence-corrected chi connectivity index (χ1v) is 13.0. The van der Waals surface area contributed by atoms with Crippen LogP contribution in [0.5, 0.6) is 0 Å². The summed E-state index contributed by atoms with van der Waals surface area (Å²) in [6.07, 6.45) is -0.367. The highest BCUT2D eigenvalue weighted by molar-refractivity contribution is 6.02. The van der Waals surface area contributed by atoms with Crippen LogP contribution in [-0.2, 0) is 19.2 Å². The molecule has 8 nitrogen and oxygen atoms in total. The molecule has 0 unspecified atom stereocenters. The second-order valence-corrected chi connectivity index (χ2v) is 8.90. The van der Waals surface area contributed by atoms with Crippen molar-refractivity contribution in [2.75, 3.05) is 9.80 Å². The van der Waals surface area contributed by atoms with Crippen molar-refractivity contribution in [3.8, 4) is 0 Å². The number of nitrogens with zero attached hydrogens (tertiary/aromatic N) is 2. The predicted octanol–water partition coefficient (Wildman–Crippen LogP) is 5.42. The van der Waals surface area contributed by atoms with E-state index < -0.39 is 11.8 Å². The van der Waals surface area contributed by atoms with Crippen molar-refractivity contribution in [1.29, 1.82) is 0 Å². The number of carbonyl (C=O) groups excluding carboxylic acids is 4. The summed E-state index contributed by atoms with van der Waals surface area (Å²) in [6, 6.07) is 36.7. The second kappa shape index (κ2) is 14.1. The van der Waals surface area contributed by atoms with Gasteiger partial charge in [0.2, 0.25) is 23.6 Å². The number of benzene rings is 4. The first-order chi connectivity index (χ1) is 19.5. The summed E-state index contributed by atoms with van der Waals surface area (Å²) in [5.41, 5.74) is 7.44. The van der Waals surface area contributed by atoms with Crippen molar-refractivity contribution < 1.29 is 19.2 Å². The lowest BCUT2D eigenvalue weighted by Crippen LogP contribution is -2.42. The number of para-hydroxylation sites is 4. The molecular weight excluding hydrogens is 504 g/mol. The number of hydrogen-bond donors (Lipinski definition) is 2. The highest BCUT2D eigenvalue weighted by atomic mass is 16.2. The molecule has 0 bridgehead atoms. The number of hydrazine groups is 1. The Labute approximate surface area is 233 Å². The van der Waals surface area contributed by atoms with Crippen LogP contribution in [0.15, 0.2) is 121 Å². The molecule has 8 heteroatoms. The topological polar surface area (TPSA) is 98.8 Å². The van der Waals surface area contributed by atoms with Crippen molar-refractivity contribution in [1.82, 2.24) is 10.9 Å². The number of rotatable bonds is 10. The molecule has 0 aromatic heterocycles. The van der Waals surface area contributed by atoms with Crippen LogP contribution in [0.3, 0.4) is 0 Å². The van der Waals surface area contributed by atoms with Crippen molar-refractivity contribution in [2.45, 2.75) is 25.7 Å². The van der Waals surface area contributed by atoms with Gasteiger partial charge < -0.3 is 0 Å². The summed E-state index contributed by atoms with van der Waals surface area (Å²) in [5, 5.41) is 0. The van der Waals surface area contributed by atoms with Crippen molar-refractivity contribution in [3.63, 3.8) is 0 Å². The Morgan fingerprint density at radius 2 is 0.650 bits per heavy atom. The summed E-state index contributed by atoms with van der Waals surface area (Å²) < 4.78 is 0. The van der Waals surface area contributed by atoms with Gasteiger partial charge >= 0.3 is 0 Å². The number of nitrogens with one attached hydrogen (secondary N) is 2. The van der Waals surface area contributed by atoms with Gasteiger partial charge in [-0.05, 0) is 48.5 Å². The van der Waals surface area contributed by atoms with Crippen LogP contribution in [0, 0.1) is 0 Å². The zero-order valence-electron chi connectivity index (χ0n) is 21.9. The van der Waals surface area contributed by atoms with Gasteiger partial charge in [-0.15, -0.1) is 0 Å². The zero-order valence-corrected chi connectivity index (χ0v) is 21.9. The Balaban J connectivity index is 1.27. The lowest BCUT2D eigenvalue weighted by molar-refractivity contribution is -0.130. The largest absolute Gasteiger partial charge is 0.281 e. The molecule has 0 radical (unpaired) electrons. The number of amides is 4. The minimum absolute atomic E-state index is 0.0624. The van der Waals surface area contributed by atoms with E-state index in [0.29, 0.717) is 22.7 Å². The van der Waals surface area contributed by atoms with Gasteiger partial charge in [0.05, 0.1) is 0 Å². The van der Waals surface area contributed by atoms with Crippen LogP contribution in [0.2, 0.25) is 0 Å². The lowest BCUT2D eigenvalue weighted by Gasteiger charge is -2.23. The SMILES string of the molecule is O=C(CCC(=O)N(c1ccccc1)c1ccccc1)NNC(=O)CCC(=O)N(c1ccccc1)c1ccccc1. The van der Waals surface area contributed by atoms with Gasteiger partial charge in [0.1, 0.15) is 0 Å². The van der Waals surface area contributed by atoms with Crippen LogP contribution in [0.1, 0.15) is 25.7 Å². The molecule has 0 aliphatic carbocycles. The molecule has 4 amide bonds. The molecule has 0 fully saturated rings. The third-order valence-corrected chi connectivity index (χ3v) is 6.03. The van der Waals surface area contributed by atoms with Crippen LogP contribution >= 0.6 is 0 Å². The molecule has 0 heterocycles. The molecule has 0 saturated carbocycles. The Morgan fingerprint density at radius 1 is 0.400 bits per heavy atom. The third kappa shape index (κ3) is 7.64. The maximum absolute atomic E-state index is 13.1. The first-order valence-electron chi connectivity index (χ1n) is 13.0. The molecule has 0 saturated heterocycles. The van der Waals surface area contributed by atoms with E-state index in [4.69, 9.17) is 0 Å². The standard InChI is InChI=1S/C32H30N4O4/c37-29(21-23-31(39)35(25-13-5-1-6-14-25)26-15-7-2-8-16-26)33-34-30(38)22-24-32(40)36(27-17-9-3-10-18-27)28-19-11-4-12-20-28/h1-20H,21-24H2,(H,33,37)(H,34,38). The average molecular weight is 535 g/mol. The molecule has 4 rings (SSSR count). The molecule has 202 valence electrons. The smallest absolute Gasteiger partial charge is 0.238 e. The van der Waals surface area contributed by atoms with Gasteiger partial charge in [0.25, 0.3) is 0 Å². The molecule has 4 aromatic carbocycles. The first kappa shape index (κ1) is 27.8. The van der Waals surface area contributed by atoms with Gasteiger partial charge in [-0.1, -0.05) is 72.8 Å². The van der Waals surface area contributed by atoms with E-state index >= 15 is 0 Å². The molecule has 4 aromatic rings. The molecule has 40 heavy (non-hydrogen) atoms. The fourth-order valence-corrected chi connectivity index (χ4v) is 4.11. The molecular formula is C32H30N4O4. The van der Waals surface area contributed by atoms with E-state index in [1.54, 1.807) is 9.80 Å². The van der Waals surface area contributed by atoms with E-state index in [9.17, 15) is 19.2 Å². The van der Waals surface area contributed by atoms with Crippen molar-refractivity contribution in [2.24, 2.45) is 0 Å². The Kier molecular flexibility index (Phi) is 9.77. The second-order valence-electron chi connectivity index (χ2n) is 8.90. The molecule has 0 spiro atoms. The Bertz CT molecular complexity index is 1220. The highest BCUT2D eigenvalue weighted by Crippen LogP contribution is 2.27. The van der Waals surface area contributed by atoms with Crippen molar-refractivity contribution >= 4 is 46.4 Å². The van der Waals surface area contributed by atoms with Crippen LogP contribution in [-0.4, -0.2) is 23.6 Å². The molecule has 2 N–H and O–H groups in total. The minimum Gasteiger partial charge on any atom is -0.281 e. The van der Waals surface area contributed by atoms with Gasteiger partial charge in [-0.3, -0.25) is 39.8 Å². The van der Waals surface area contributed by atoms with E-state index in [1.807, 2.05) is 121 Å². The Morgan fingerprint density at radius 3 is 0.900 bits per heavy atom. The van der Waals surface area contributed by atoms with Crippen LogP contribution in [0.25, 0.3) is 0 Å². The summed E-state index contributed by atoms with van der Waals surface area (Å²) in [7, 11) is 0. The maximum atomic E-state index is 13.1. The highest BCUT2D eigenvalue weighted by Gasteiger charge is 2.20. The van der Waals surface area contributed by atoms with Gasteiger partial charge in [0, 0.05) is 48.4 Å². The lowest BCUT2D eigenvalue weighted by atomic mass is 10.2. The normalized spacial score (nSPS) is 10.3. The Hall–Kier alpha value is -5.24. The van der Waals surface area contributed by atoms with Gasteiger partial charge in [-0.25, -0.2) is 0 Å². The monoisotopic (exact) mass is 534 g/mol. The molecule has 0 aliphatic rings. The summed E-state index contributed by atoms with van der Waals surface area (Å²) in [5.74, 6) is -1.54. The van der Waals surface area contributed by atoms with Crippen LogP contribution < -0.4 is 20.7 Å². The van der Waals surface area contributed by atoms with E-state index in [1.165, 1.54) is 0 Å². The van der Waals surface area contributed by atoms with E-state index in [2.05, 4.69) is 10.9 Å². The fourth-order valence-electron chi connectivity index (χ4n) is 4.11. The summed E-state index contributed by atoms with van der Waals surface area (Å²) in [6.45, 7) is 0. The van der Waals surface area contributed by atoms with E-state index in [-0.39, 0.29) is 37.5 Å². The summed E-state index contributed by atoms with van der Waals surface area (Å²) >= 11 is 0. The third-order valence-electron chi connectivity index (χ3n) is 6.03. The molecule has 0 atom stereocenters. The molecule has 0 aliphatic heterocycles. The number of carbonyl (C=O) groups is 4. The summed E-state index contributed by atoms with van der Waals surface area (Å²) in [4.78, 5) is 54.1. The average Bonchev–Trinajstić information content (AvgIpc) is 3.00. The van der Waals surface area contributed by atoms with Gasteiger partial charge in [-0.2, -0.15) is 0 Å². The van der Waals surface area contributed by atoms with E-state index in [0.717, 1.165) is 0 Å².